The number of esters is 1. The van der Waals surface area contributed by atoms with Gasteiger partial charge in [-0.2, -0.15) is 0 Å². The highest BCUT2D eigenvalue weighted by Crippen LogP contribution is 2.14. The number of unbranched alkanes of at least 4 members (excludes halogenated alkanes) is 2. The first-order valence-electron chi connectivity index (χ1n) is 6.37. The number of hydrogen-bond acceptors (Lipinski definition) is 3. The normalized spacial score (nSPS) is 10.1. The Bertz CT molecular complexity index is 351. The predicted octanol–water partition coefficient (Wildman–Crippen LogP) is 3.98. The number of hydrogen-bond donors (Lipinski definition) is 1. The van der Waals surface area contributed by atoms with E-state index in [4.69, 9.17) is 4.74 Å². The molecule has 4 heteroatoms. The Morgan fingerprint density at radius 1 is 1.22 bits per heavy atom. The van der Waals surface area contributed by atoms with Gasteiger partial charge >= 0.3 is 5.97 Å². The summed E-state index contributed by atoms with van der Waals surface area (Å²) < 4.78 is 5.96. The lowest BCUT2D eigenvalue weighted by Crippen LogP contribution is -2.04. The second-order valence-electron chi connectivity index (χ2n) is 4.05. The smallest absolute Gasteiger partial charge is 0.305 e. The maximum atomic E-state index is 11.1. The van der Waals surface area contributed by atoms with Crippen molar-refractivity contribution >= 4 is 27.6 Å². The van der Waals surface area contributed by atoms with Gasteiger partial charge in [-0.1, -0.05) is 22.4 Å². The summed E-state index contributed by atoms with van der Waals surface area (Å²) in [7, 11) is 0. The van der Waals surface area contributed by atoms with Crippen LogP contribution in [0.25, 0.3) is 0 Å². The van der Waals surface area contributed by atoms with E-state index in [2.05, 4.69) is 21.2 Å². The topological polar surface area (TPSA) is 38.3 Å². The maximum absolute atomic E-state index is 11.1. The zero-order chi connectivity index (χ0) is 13.2. The van der Waals surface area contributed by atoms with Crippen LogP contribution in [0.15, 0.2) is 28.7 Å². The second kappa shape index (κ2) is 8.97. The molecule has 100 valence electrons. The fourth-order valence-corrected chi connectivity index (χ4v) is 1.87. The third kappa shape index (κ3) is 6.64. The summed E-state index contributed by atoms with van der Waals surface area (Å²) in [5.74, 6) is -0.0848. The van der Waals surface area contributed by atoms with Crippen LogP contribution >= 0.6 is 15.9 Å². The van der Waals surface area contributed by atoms with Crippen molar-refractivity contribution in [2.75, 3.05) is 18.5 Å². The van der Waals surface area contributed by atoms with E-state index in [0.29, 0.717) is 13.0 Å². The third-order valence-electron chi connectivity index (χ3n) is 2.54. The minimum Gasteiger partial charge on any atom is -0.466 e. The van der Waals surface area contributed by atoms with Gasteiger partial charge < -0.3 is 10.1 Å². The standard InChI is InChI=1S/C14H20BrNO2/c1-2-18-14(17)6-4-3-5-11-16-13-9-7-12(15)8-10-13/h7-10,16H,2-6,11H2,1H3. The van der Waals surface area contributed by atoms with Crippen LogP contribution in [-0.2, 0) is 9.53 Å². The van der Waals surface area contributed by atoms with Crippen LogP contribution in [0, 0.1) is 0 Å². The van der Waals surface area contributed by atoms with Gasteiger partial charge in [-0.05, 0) is 44.0 Å². The number of nitrogens with one attached hydrogen (secondary N) is 1. The molecule has 1 aromatic rings. The number of anilines is 1. The molecule has 0 saturated carbocycles. The van der Waals surface area contributed by atoms with Gasteiger partial charge in [0.25, 0.3) is 0 Å². The fourth-order valence-electron chi connectivity index (χ4n) is 1.60. The van der Waals surface area contributed by atoms with Crippen LogP contribution in [0.3, 0.4) is 0 Å². The van der Waals surface area contributed by atoms with E-state index in [1.165, 1.54) is 0 Å². The largest absolute Gasteiger partial charge is 0.466 e. The lowest BCUT2D eigenvalue weighted by molar-refractivity contribution is -0.143. The molecule has 0 radical (unpaired) electrons. The van der Waals surface area contributed by atoms with Crippen LogP contribution in [0.1, 0.15) is 32.6 Å². The minimum atomic E-state index is -0.0848. The number of ether oxygens (including phenoxy) is 1. The second-order valence-corrected chi connectivity index (χ2v) is 4.97. The van der Waals surface area contributed by atoms with Gasteiger partial charge in [0.1, 0.15) is 0 Å². The van der Waals surface area contributed by atoms with Crippen LogP contribution in [0.5, 0.6) is 0 Å². The lowest BCUT2D eigenvalue weighted by Gasteiger charge is -2.06. The summed E-state index contributed by atoms with van der Waals surface area (Å²) in [4.78, 5) is 11.1. The number of carbonyl (C=O) groups excluding carboxylic acids is 1. The van der Waals surface area contributed by atoms with Gasteiger partial charge in [-0.3, -0.25) is 4.79 Å². The van der Waals surface area contributed by atoms with Crippen LogP contribution in [-0.4, -0.2) is 19.1 Å². The average molecular weight is 314 g/mol. The molecule has 1 rings (SSSR count). The van der Waals surface area contributed by atoms with Crippen molar-refractivity contribution in [1.29, 1.82) is 0 Å². The van der Waals surface area contributed by atoms with Crippen molar-refractivity contribution in [2.45, 2.75) is 32.6 Å². The highest BCUT2D eigenvalue weighted by atomic mass is 79.9. The van der Waals surface area contributed by atoms with Crippen LogP contribution < -0.4 is 5.32 Å². The van der Waals surface area contributed by atoms with Crippen LogP contribution in [0.4, 0.5) is 5.69 Å². The third-order valence-corrected chi connectivity index (χ3v) is 3.07. The molecule has 0 bridgehead atoms. The molecule has 0 amide bonds. The van der Waals surface area contributed by atoms with E-state index < -0.39 is 0 Å². The molecule has 0 unspecified atom stereocenters. The summed E-state index contributed by atoms with van der Waals surface area (Å²) in [5, 5.41) is 3.35. The average Bonchev–Trinajstić information content (AvgIpc) is 2.36. The van der Waals surface area contributed by atoms with Gasteiger partial charge in [0, 0.05) is 23.1 Å². The monoisotopic (exact) mass is 313 g/mol. The van der Waals surface area contributed by atoms with Crippen molar-refractivity contribution in [2.24, 2.45) is 0 Å². The predicted molar refractivity (Wildman–Crippen MR) is 77.7 cm³/mol. The van der Waals surface area contributed by atoms with E-state index >= 15 is 0 Å². The van der Waals surface area contributed by atoms with Gasteiger partial charge in [-0.15, -0.1) is 0 Å². The molecule has 0 heterocycles. The Morgan fingerprint density at radius 2 is 1.94 bits per heavy atom. The molecular weight excluding hydrogens is 294 g/mol. The summed E-state index contributed by atoms with van der Waals surface area (Å²) in [6.45, 7) is 3.24. The summed E-state index contributed by atoms with van der Waals surface area (Å²) >= 11 is 3.40. The number of carbonyl (C=O) groups is 1. The SMILES string of the molecule is CCOC(=O)CCCCCNc1ccc(Br)cc1. The highest BCUT2D eigenvalue weighted by molar-refractivity contribution is 9.10. The minimum absolute atomic E-state index is 0.0848. The Labute approximate surface area is 117 Å². The summed E-state index contributed by atoms with van der Waals surface area (Å²) in [6, 6.07) is 8.12. The molecule has 1 aromatic carbocycles. The highest BCUT2D eigenvalue weighted by Gasteiger charge is 2.00. The molecular formula is C14H20BrNO2. The molecule has 0 fully saturated rings. The molecule has 0 aromatic heterocycles. The molecule has 0 spiro atoms. The van der Waals surface area contributed by atoms with Crippen molar-refractivity contribution in [3.05, 3.63) is 28.7 Å². The van der Waals surface area contributed by atoms with E-state index in [1.54, 1.807) is 0 Å². The van der Waals surface area contributed by atoms with E-state index in [1.807, 2.05) is 31.2 Å². The first kappa shape index (κ1) is 15.0. The van der Waals surface area contributed by atoms with Crippen LogP contribution in [0.2, 0.25) is 0 Å². The fraction of sp³-hybridized carbons (Fsp3) is 0.500. The van der Waals surface area contributed by atoms with Crippen molar-refractivity contribution < 1.29 is 9.53 Å². The van der Waals surface area contributed by atoms with Gasteiger partial charge in [-0.25, -0.2) is 0 Å². The van der Waals surface area contributed by atoms with Crippen molar-refractivity contribution in [3.63, 3.8) is 0 Å². The van der Waals surface area contributed by atoms with Gasteiger partial charge in [0.2, 0.25) is 0 Å². The molecule has 0 saturated heterocycles. The first-order chi connectivity index (χ1) is 8.72. The lowest BCUT2D eigenvalue weighted by atomic mass is 10.2. The molecule has 0 aliphatic rings. The van der Waals surface area contributed by atoms with Crippen molar-refractivity contribution in [3.8, 4) is 0 Å². The first-order valence-corrected chi connectivity index (χ1v) is 7.16. The Kier molecular flexibility index (Phi) is 7.49. The molecule has 1 N–H and O–H groups in total. The van der Waals surface area contributed by atoms with Gasteiger partial charge in [0.15, 0.2) is 0 Å². The van der Waals surface area contributed by atoms with Crippen molar-refractivity contribution in [1.82, 2.24) is 0 Å². The Balaban J connectivity index is 2.02. The molecule has 0 aliphatic heterocycles. The Hall–Kier alpha value is -1.03. The van der Waals surface area contributed by atoms with Gasteiger partial charge in [0.05, 0.1) is 6.61 Å². The zero-order valence-electron chi connectivity index (χ0n) is 10.7. The summed E-state index contributed by atoms with van der Waals surface area (Å²) in [5.41, 5.74) is 1.13. The summed E-state index contributed by atoms with van der Waals surface area (Å²) in [6.07, 6.45) is 3.55. The number of benzene rings is 1. The quantitative estimate of drug-likeness (QED) is 0.582. The van der Waals surface area contributed by atoms with E-state index in [9.17, 15) is 4.79 Å². The number of rotatable bonds is 8. The maximum Gasteiger partial charge on any atom is 0.305 e. The molecule has 0 atom stereocenters. The number of halogens is 1. The molecule has 3 nitrogen and oxygen atoms in total. The van der Waals surface area contributed by atoms with E-state index in [-0.39, 0.29) is 5.97 Å². The zero-order valence-corrected chi connectivity index (χ0v) is 12.3. The van der Waals surface area contributed by atoms with E-state index in [0.717, 1.165) is 36.0 Å². The molecule has 18 heavy (non-hydrogen) atoms. The molecule has 0 aliphatic carbocycles. The Morgan fingerprint density at radius 3 is 2.61 bits per heavy atom.